The second-order valence-corrected chi connectivity index (χ2v) is 5.99. The van der Waals surface area contributed by atoms with Crippen molar-refractivity contribution in [2.75, 3.05) is 6.54 Å². The average molecular weight is 299 g/mol. The first-order valence-corrected chi connectivity index (χ1v) is 7.91. The Labute approximate surface area is 124 Å². The summed E-state index contributed by atoms with van der Waals surface area (Å²) in [5.74, 6) is 0.240. The molecule has 1 aliphatic carbocycles. The third kappa shape index (κ3) is 4.73. The van der Waals surface area contributed by atoms with Gasteiger partial charge in [0.15, 0.2) is 0 Å². The summed E-state index contributed by atoms with van der Waals surface area (Å²) >= 11 is 0. The highest BCUT2D eigenvalue weighted by Gasteiger charge is 2.31. The van der Waals surface area contributed by atoms with E-state index in [1.54, 1.807) is 0 Å². The predicted octanol–water partition coefficient (Wildman–Crippen LogP) is 5.12. The van der Waals surface area contributed by atoms with Crippen molar-refractivity contribution in [3.8, 4) is 0 Å². The van der Waals surface area contributed by atoms with Gasteiger partial charge in [0, 0.05) is 6.04 Å². The van der Waals surface area contributed by atoms with Gasteiger partial charge in [-0.25, -0.2) is 0 Å². The van der Waals surface area contributed by atoms with Crippen molar-refractivity contribution in [2.45, 2.75) is 63.6 Å². The maximum atomic E-state index is 12.8. The lowest BCUT2D eigenvalue weighted by molar-refractivity contribution is -0.137. The van der Waals surface area contributed by atoms with E-state index in [0.29, 0.717) is 6.04 Å². The molecule has 21 heavy (non-hydrogen) atoms. The van der Waals surface area contributed by atoms with Gasteiger partial charge in [-0.1, -0.05) is 38.0 Å². The lowest BCUT2D eigenvalue weighted by Crippen LogP contribution is -2.30. The number of hydrogen-bond donors (Lipinski definition) is 1. The Morgan fingerprint density at radius 2 is 1.95 bits per heavy atom. The molecule has 0 radical (unpaired) electrons. The van der Waals surface area contributed by atoms with E-state index in [1.165, 1.54) is 12.1 Å². The summed E-state index contributed by atoms with van der Waals surface area (Å²) in [4.78, 5) is 0. The normalized spacial score (nSPS) is 23.8. The topological polar surface area (TPSA) is 12.0 Å². The summed E-state index contributed by atoms with van der Waals surface area (Å²) in [7, 11) is 0. The van der Waals surface area contributed by atoms with Crippen molar-refractivity contribution in [3.05, 3.63) is 35.4 Å². The molecule has 1 aromatic carbocycles. The molecule has 1 aromatic rings. The van der Waals surface area contributed by atoms with E-state index in [2.05, 4.69) is 12.2 Å². The summed E-state index contributed by atoms with van der Waals surface area (Å²) in [6.07, 6.45) is 2.18. The van der Waals surface area contributed by atoms with E-state index < -0.39 is 11.7 Å². The molecule has 1 aliphatic rings. The van der Waals surface area contributed by atoms with E-state index in [-0.39, 0.29) is 5.92 Å². The fourth-order valence-electron chi connectivity index (χ4n) is 3.17. The summed E-state index contributed by atoms with van der Waals surface area (Å²) in [6, 6.07) is 6.33. The molecule has 118 valence electrons. The Balaban J connectivity index is 2.11. The predicted molar refractivity (Wildman–Crippen MR) is 79.4 cm³/mol. The monoisotopic (exact) mass is 299 g/mol. The highest BCUT2D eigenvalue weighted by atomic mass is 19.4. The first-order valence-electron chi connectivity index (χ1n) is 7.91. The minimum atomic E-state index is -4.25. The highest BCUT2D eigenvalue weighted by Crippen LogP contribution is 2.35. The number of benzene rings is 1. The van der Waals surface area contributed by atoms with E-state index in [4.69, 9.17) is 0 Å². The molecule has 1 fully saturated rings. The number of alkyl halides is 3. The molecule has 1 saturated carbocycles. The molecule has 0 heterocycles. The van der Waals surface area contributed by atoms with E-state index in [1.807, 2.05) is 6.07 Å². The van der Waals surface area contributed by atoms with Gasteiger partial charge in [-0.2, -0.15) is 13.2 Å². The van der Waals surface area contributed by atoms with Crippen LogP contribution in [0.5, 0.6) is 0 Å². The molecule has 2 rings (SSSR count). The second-order valence-electron chi connectivity index (χ2n) is 5.99. The summed E-state index contributed by atoms with van der Waals surface area (Å²) < 4.78 is 38.5. The van der Waals surface area contributed by atoms with E-state index >= 15 is 0 Å². The van der Waals surface area contributed by atoms with Crippen LogP contribution in [0.25, 0.3) is 0 Å². The van der Waals surface area contributed by atoms with Crippen LogP contribution in [0.2, 0.25) is 0 Å². The van der Waals surface area contributed by atoms with Crippen molar-refractivity contribution < 1.29 is 13.2 Å². The van der Waals surface area contributed by atoms with Gasteiger partial charge in [-0.3, -0.25) is 0 Å². The van der Waals surface area contributed by atoms with Gasteiger partial charge in [-0.15, -0.1) is 0 Å². The molecule has 1 nitrogen and oxygen atoms in total. The summed E-state index contributed by atoms with van der Waals surface area (Å²) in [5.41, 5.74) is 0.317. The van der Waals surface area contributed by atoms with Crippen LogP contribution in [-0.4, -0.2) is 12.6 Å². The molecule has 0 spiro atoms. The van der Waals surface area contributed by atoms with Gasteiger partial charge in [0.25, 0.3) is 0 Å². The summed E-state index contributed by atoms with van der Waals surface area (Å²) in [6.45, 7) is 3.12. The smallest absolute Gasteiger partial charge is 0.314 e. The van der Waals surface area contributed by atoms with Crippen LogP contribution in [0.4, 0.5) is 13.2 Å². The van der Waals surface area contributed by atoms with Gasteiger partial charge in [-0.05, 0) is 49.8 Å². The standard InChI is InChI=1S/C17H24F3N/c1-2-10-21-16-9-4-3-6-14(12-16)13-7-5-8-15(11-13)17(18,19)20/h5,7-8,11,14,16,21H,2-4,6,9-10,12H2,1H3. The molecule has 2 unspecified atom stereocenters. The van der Waals surface area contributed by atoms with Crippen molar-refractivity contribution in [2.24, 2.45) is 0 Å². The quantitative estimate of drug-likeness (QED) is 0.761. The van der Waals surface area contributed by atoms with Gasteiger partial charge >= 0.3 is 6.18 Å². The van der Waals surface area contributed by atoms with Crippen molar-refractivity contribution >= 4 is 0 Å². The number of halogens is 3. The largest absolute Gasteiger partial charge is 0.416 e. The molecule has 4 heteroatoms. The molecule has 0 aliphatic heterocycles. The summed E-state index contributed by atoms with van der Waals surface area (Å²) in [5, 5.41) is 3.53. The van der Waals surface area contributed by atoms with Crippen LogP contribution >= 0.6 is 0 Å². The third-order valence-electron chi connectivity index (χ3n) is 4.29. The molecular formula is C17H24F3N. The van der Waals surface area contributed by atoms with Crippen molar-refractivity contribution in [3.63, 3.8) is 0 Å². The van der Waals surface area contributed by atoms with Crippen LogP contribution in [-0.2, 0) is 6.18 Å². The van der Waals surface area contributed by atoms with Crippen molar-refractivity contribution in [1.29, 1.82) is 0 Å². The number of nitrogens with one attached hydrogen (secondary N) is 1. The Hall–Kier alpha value is -1.03. The molecule has 0 bridgehead atoms. The Bertz CT molecular complexity index is 442. The van der Waals surface area contributed by atoms with E-state index in [0.717, 1.165) is 56.7 Å². The molecule has 1 N–H and O–H groups in total. The van der Waals surface area contributed by atoms with Crippen LogP contribution in [0.3, 0.4) is 0 Å². The lowest BCUT2D eigenvalue weighted by Gasteiger charge is -2.22. The van der Waals surface area contributed by atoms with Gasteiger partial charge in [0.2, 0.25) is 0 Å². The zero-order valence-corrected chi connectivity index (χ0v) is 12.5. The zero-order valence-electron chi connectivity index (χ0n) is 12.5. The third-order valence-corrected chi connectivity index (χ3v) is 4.29. The zero-order chi connectivity index (χ0) is 15.3. The van der Waals surface area contributed by atoms with Crippen LogP contribution in [0.1, 0.15) is 62.5 Å². The van der Waals surface area contributed by atoms with Gasteiger partial charge in [0.05, 0.1) is 5.56 Å². The lowest BCUT2D eigenvalue weighted by atomic mass is 9.89. The Kier molecular flexibility index (Phi) is 5.68. The molecular weight excluding hydrogens is 275 g/mol. The first kappa shape index (κ1) is 16.3. The Morgan fingerprint density at radius 3 is 2.67 bits per heavy atom. The van der Waals surface area contributed by atoms with Crippen molar-refractivity contribution in [1.82, 2.24) is 5.32 Å². The fourth-order valence-corrected chi connectivity index (χ4v) is 3.17. The maximum Gasteiger partial charge on any atom is 0.416 e. The maximum absolute atomic E-state index is 12.8. The molecule has 2 atom stereocenters. The van der Waals surface area contributed by atoms with Crippen LogP contribution < -0.4 is 5.32 Å². The number of hydrogen-bond acceptors (Lipinski definition) is 1. The average Bonchev–Trinajstić information content (AvgIpc) is 2.70. The molecule has 0 saturated heterocycles. The highest BCUT2D eigenvalue weighted by molar-refractivity contribution is 5.28. The molecule has 0 amide bonds. The Morgan fingerprint density at radius 1 is 1.19 bits per heavy atom. The molecule has 0 aromatic heterocycles. The number of rotatable bonds is 4. The first-order chi connectivity index (χ1) is 10.0. The minimum absolute atomic E-state index is 0.240. The van der Waals surface area contributed by atoms with Gasteiger partial charge < -0.3 is 5.32 Å². The SMILES string of the molecule is CCCNC1CCCCC(c2cccc(C(F)(F)F)c2)C1. The van der Waals surface area contributed by atoms with Gasteiger partial charge in [0.1, 0.15) is 0 Å². The van der Waals surface area contributed by atoms with E-state index in [9.17, 15) is 13.2 Å². The van der Waals surface area contributed by atoms with Crippen LogP contribution in [0.15, 0.2) is 24.3 Å². The second kappa shape index (κ2) is 7.30. The van der Waals surface area contributed by atoms with Crippen LogP contribution in [0, 0.1) is 0 Å². The fraction of sp³-hybridized carbons (Fsp3) is 0.647. The minimum Gasteiger partial charge on any atom is -0.314 e.